The average molecular weight is 505 g/mol. The van der Waals surface area contributed by atoms with Gasteiger partial charge in [-0.05, 0) is 35.7 Å². The topological polar surface area (TPSA) is 106 Å². The number of nitrogens with zero attached hydrogens (tertiary/aromatic N) is 3. The van der Waals surface area contributed by atoms with Gasteiger partial charge in [-0.1, -0.05) is 31.2 Å². The molecule has 4 aromatic rings. The van der Waals surface area contributed by atoms with Crippen LogP contribution in [0, 0.1) is 17.5 Å². The minimum absolute atomic E-state index is 0.177. The Bertz CT molecular complexity index is 1440. The zero-order valence-corrected chi connectivity index (χ0v) is 18.8. The quantitative estimate of drug-likeness (QED) is 0.329. The molecule has 0 aliphatic heterocycles. The van der Waals surface area contributed by atoms with E-state index < -0.39 is 47.5 Å². The molecule has 0 aliphatic rings. The molecular weight excluding hydrogens is 485 g/mol. The lowest BCUT2D eigenvalue weighted by molar-refractivity contribution is -0.106. The summed E-state index contributed by atoms with van der Waals surface area (Å²) in [6, 6.07) is 7.67. The van der Waals surface area contributed by atoms with Crippen LogP contribution in [0.5, 0.6) is 0 Å². The van der Waals surface area contributed by atoms with Crippen LogP contribution in [0.15, 0.2) is 48.7 Å². The lowest BCUT2D eigenvalue weighted by Crippen LogP contribution is -2.41. The fourth-order valence-electron chi connectivity index (χ4n) is 3.78. The average Bonchev–Trinajstić information content (AvgIpc) is 3.24. The third kappa shape index (κ3) is 4.59. The fourth-order valence-corrected chi connectivity index (χ4v) is 3.78. The first-order valence-electron chi connectivity index (χ1n) is 10.7. The molecular formula is C24H20F5N5O2. The second kappa shape index (κ2) is 9.53. The van der Waals surface area contributed by atoms with Gasteiger partial charge in [-0.2, -0.15) is 4.98 Å². The Balaban J connectivity index is 1.64. The molecule has 2 heterocycles. The molecule has 1 unspecified atom stereocenters. The number of halogens is 5. The number of hydrogen-bond donors (Lipinski definition) is 3. The van der Waals surface area contributed by atoms with E-state index in [0.717, 1.165) is 28.8 Å². The van der Waals surface area contributed by atoms with E-state index in [0.29, 0.717) is 0 Å². The number of nitrogen functional groups attached to an aromatic ring is 1. The van der Waals surface area contributed by atoms with Crippen molar-refractivity contribution in [2.45, 2.75) is 25.4 Å². The summed E-state index contributed by atoms with van der Waals surface area (Å²) < 4.78 is 73.9. The number of carbonyl (C=O) groups is 1. The first-order chi connectivity index (χ1) is 17.0. The smallest absolute Gasteiger partial charge is 0.294 e. The highest BCUT2D eigenvalue weighted by Crippen LogP contribution is 2.33. The predicted octanol–water partition coefficient (Wildman–Crippen LogP) is 4.06. The summed E-state index contributed by atoms with van der Waals surface area (Å²) in [6.45, 7) is 0.292. The lowest BCUT2D eigenvalue weighted by Gasteiger charge is -2.23. The molecule has 1 atom stereocenters. The maximum absolute atomic E-state index is 15.6. The van der Waals surface area contributed by atoms with E-state index in [-0.39, 0.29) is 40.3 Å². The fraction of sp³-hybridized carbons (Fsp3) is 0.208. The number of benzene rings is 2. The summed E-state index contributed by atoms with van der Waals surface area (Å²) in [6.07, 6.45) is -0.866. The van der Waals surface area contributed by atoms with Crippen molar-refractivity contribution in [1.82, 2.24) is 19.9 Å². The molecule has 36 heavy (non-hydrogen) atoms. The Morgan fingerprint density at radius 3 is 2.42 bits per heavy atom. The van der Waals surface area contributed by atoms with Crippen molar-refractivity contribution in [2.75, 3.05) is 12.3 Å². The van der Waals surface area contributed by atoms with Crippen LogP contribution in [0.2, 0.25) is 0 Å². The number of nitrogens with two attached hydrogens (primary N) is 1. The van der Waals surface area contributed by atoms with Crippen molar-refractivity contribution in [2.24, 2.45) is 0 Å². The summed E-state index contributed by atoms with van der Waals surface area (Å²) in [7, 11) is 0. The molecule has 0 saturated heterocycles. The Labute approximate surface area is 201 Å². The lowest BCUT2D eigenvalue weighted by atomic mass is 9.96. The number of aryl methyl sites for hydroxylation is 1. The molecule has 188 valence electrons. The zero-order valence-electron chi connectivity index (χ0n) is 18.8. The van der Waals surface area contributed by atoms with Gasteiger partial charge in [0.2, 0.25) is 5.95 Å². The number of nitrogens with one attached hydrogen (secondary N) is 1. The third-order valence-corrected chi connectivity index (χ3v) is 5.66. The second-order valence-electron chi connectivity index (χ2n) is 7.99. The molecule has 4 N–H and O–H groups in total. The van der Waals surface area contributed by atoms with Crippen LogP contribution < -0.4 is 11.1 Å². The number of aliphatic hydroxyl groups is 1. The highest BCUT2D eigenvalue weighted by atomic mass is 19.3. The van der Waals surface area contributed by atoms with Crippen LogP contribution in [0.1, 0.15) is 34.5 Å². The number of anilines is 1. The van der Waals surface area contributed by atoms with Gasteiger partial charge in [0.1, 0.15) is 17.7 Å². The monoisotopic (exact) mass is 505 g/mol. The molecule has 2 aromatic heterocycles. The number of alkyl halides is 2. The SMILES string of the molecule is CCc1ccc(-c2ccn3nc(N)nc3c2F)c(F)c1C(=O)NCC(F)(F)C(O)c1ccc(F)cc1. The molecule has 0 fully saturated rings. The zero-order chi connectivity index (χ0) is 26.2. The standard InChI is InChI=1S/C24H20F5N5O2/c1-2-12-5-8-15(16-9-10-34-21(19(16)27)32-23(30)33-34)18(26)17(12)22(36)31-11-24(28,29)20(35)13-3-6-14(25)7-4-13/h3-10,20,35H,2,11H2,1H3,(H2,30,33)(H,31,36). The first kappa shape index (κ1) is 25.0. The number of fused-ring (bicyclic) bond motifs is 1. The summed E-state index contributed by atoms with van der Waals surface area (Å²) in [5.41, 5.74) is 4.08. The Morgan fingerprint density at radius 1 is 1.08 bits per heavy atom. The Hall–Kier alpha value is -4.06. The van der Waals surface area contributed by atoms with E-state index in [1.165, 1.54) is 24.4 Å². The summed E-state index contributed by atoms with van der Waals surface area (Å²) in [5, 5.41) is 15.7. The highest BCUT2D eigenvalue weighted by Gasteiger charge is 2.40. The van der Waals surface area contributed by atoms with Crippen LogP contribution in [-0.2, 0) is 6.42 Å². The van der Waals surface area contributed by atoms with E-state index in [1.54, 1.807) is 6.92 Å². The van der Waals surface area contributed by atoms with Gasteiger partial charge in [-0.15, -0.1) is 5.10 Å². The predicted molar refractivity (Wildman–Crippen MR) is 121 cm³/mol. The van der Waals surface area contributed by atoms with Crippen molar-refractivity contribution in [3.05, 3.63) is 82.8 Å². The molecule has 12 heteroatoms. The molecule has 0 saturated carbocycles. The van der Waals surface area contributed by atoms with Gasteiger partial charge >= 0.3 is 0 Å². The number of aliphatic hydroxyl groups excluding tert-OH is 1. The highest BCUT2D eigenvalue weighted by molar-refractivity contribution is 5.97. The number of hydrogen-bond acceptors (Lipinski definition) is 5. The van der Waals surface area contributed by atoms with Gasteiger partial charge in [0.15, 0.2) is 11.5 Å². The van der Waals surface area contributed by atoms with Gasteiger partial charge in [-0.3, -0.25) is 4.79 Å². The summed E-state index contributed by atoms with van der Waals surface area (Å²) in [4.78, 5) is 16.6. The molecule has 1 amide bonds. The molecule has 7 nitrogen and oxygen atoms in total. The number of carbonyl (C=O) groups excluding carboxylic acids is 1. The van der Waals surface area contributed by atoms with Crippen LogP contribution in [0.3, 0.4) is 0 Å². The molecule has 4 rings (SSSR count). The molecule has 0 aliphatic carbocycles. The van der Waals surface area contributed by atoms with E-state index in [1.807, 2.05) is 5.32 Å². The van der Waals surface area contributed by atoms with Gasteiger partial charge in [0.25, 0.3) is 11.8 Å². The molecule has 2 aromatic carbocycles. The van der Waals surface area contributed by atoms with Crippen LogP contribution in [-0.4, -0.2) is 38.1 Å². The minimum atomic E-state index is -3.86. The Kier molecular flexibility index (Phi) is 6.63. The van der Waals surface area contributed by atoms with E-state index in [9.17, 15) is 23.1 Å². The van der Waals surface area contributed by atoms with Gasteiger partial charge in [0, 0.05) is 17.3 Å². The minimum Gasteiger partial charge on any atom is -0.382 e. The Morgan fingerprint density at radius 2 is 1.75 bits per heavy atom. The van der Waals surface area contributed by atoms with Crippen LogP contribution in [0.25, 0.3) is 16.8 Å². The normalized spacial score (nSPS) is 12.6. The van der Waals surface area contributed by atoms with Gasteiger partial charge in [-0.25, -0.2) is 26.5 Å². The summed E-state index contributed by atoms with van der Waals surface area (Å²) in [5.74, 6) is -7.97. The third-order valence-electron chi connectivity index (χ3n) is 5.66. The number of amides is 1. The van der Waals surface area contributed by atoms with E-state index in [2.05, 4.69) is 10.1 Å². The van der Waals surface area contributed by atoms with Crippen molar-refractivity contribution in [3.8, 4) is 11.1 Å². The maximum Gasteiger partial charge on any atom is 0.294 e. The van der Waals surface area contributed by atoms with E-state index >= 15 is 8.78 Å². The number of rotatable bonds is 7. The van der Waals surface area contributed by atoms with Crippen molar-refractivity contribution < 1.29 is 31.9 Å². The maximum atomic E-state index is 15.6. The van der Waals surface area contributed by atoms with Crippen molar-refractivity contribution in [1.29, 1.82) is 0 Å². The molecule has 0 spiro atoms. The van der Waals surface area contributed by atoms with Gasteiger partial charge in [0.05, 0.1) is 12.1 Å². The molecule has 0 bridgehead atoms. The van der Waals surface area contributed by atoms with Crippen LogP contribution in [0.4, 0.5) is 27.9 Å². The first-order valence-corrected chi connectivity index (χ1v) is 10.7. The number of pyridine rings is 1. The largest absolute Gasteiger partial charge is 0.382 e. The number of aromatic nitrogens is 3. The van der Waals surface area contributed by atoms with Crippen molar-refractivity contribution in [3.63, 3.8) is 0 Å². The van der Waals surface area contributed by atoms with Crippen molar-refractivity contribution >= 4 is 17.5 Å². The van der Waals surface area contributed by atoms with E-state index in [4.69, 9.17) is 5.73 Å². The second-order valence-corrected chi connectivity index (χ2v) is 7.99. The van der Waals surface area contributed by atoms with Gasteiger partial charge < -0.3 is 16.2 Å². The van der Waals surface area contributed by atoms with Crippen LogP contribution >= 0.6 is 0 Å². The summed E-state index contributed by atoms with van der Waals surface area (Å²) >= 11 is 0. The molecule has 0 radical (unpaired) electrons.